The summed E-state index contributed by atoms with van der Waals surface area (Å²) < 4.78 is 4.10. The zero-order chi connectivity index (χ0) is 15.4. The third-order valence-electron chi connectivity index (χ3n) is 4.03. The molecule has 0 amide bonds. The van der Waals surface area contributed by atoms with E-state index in [1.54, 1.807) is 0 Å². The third kappa shape index (κ3) is 2.34. The van der Waals surface area contributed by atoms with Gasteiger partial charge in [0.25, 0.3) is 0 Å². The largest absolute Gasteiger partial charge is 0.383 e. The highest BCUT2D eigenvalue weighted by molar-refractivity contribution is 5.73. The molecule has 1 aliphatic carbocycles. The lowest BCUT2D eigenvalue weighted by Gasteiger charge is -2.20. The van der Waals surface area contributed by atoms with Crippen molar-refractivity contribution in [1.82, 2.24) is 19.3 Å². The lowest BCUT2D eigenvalue weighted by molar-refractivity contribution is 0.504. The van der Waals surface area contributed by atoms with Crippen LogP contribution in [0.3, 0.4) is 0 Å². The first-order chi connectivity index (χ1) is 9.82. The number of nitrogens with zero attached hydrogens (tertiary/aromatic N) is 4. The number of hydrogen-bond donors (Lipinski definition) is 1. The monoisotopic (exact) mass is 287 g/mol. The van der Waals surface area contributed by atoms with Crippen LogP contribution < -0.4 is 5.73 Å². The summed E-state index contributed by atoms with van der Waals surface area (Å²) in [6.07, 6.45) is 5.32. The normalized spacial score (nSPS) is 15.7. The number of rotatable bonds is 3. The topological polar surface area (TPSA) is 61.7 Å². The Morgan fingerprint density at radius 1 is 1.33 bits per heavy atom. The Bertz CT molecular complexity index is 668. The number of hydrogen-bond acceptors (Lipinski definition) is 3. The fourth-order valence-corrected chi connectivity index (χ4v) is 2.87. The number of anilines is 1. The van der Waals surface area contributed by atoms with Crippen molar-refractivity contribution in [2.75, 3.05) is 5.73 Å². The number of nitrogen functional groups attached to an aromatic ring is 1. The zero-order valence-corrected chi connectivity index (χ0v) is 13.6. The van der Waals surface area contributed by atoms with Gasteiger partial charge < -0.3 is 10.3 Å². The van der Waals surface area contributed by atoms with Gasteiger partial charge in [-0.2, -0.15) is 5.10 Å². The molecule has 0 aliphatic heterocycles. The van der Waals surface area contributed by atoms with E-state index in [1.165, 1.54) is 12.8 Å². The van der Waals surface area contributed by atoms with E-state index < -0.39 is 0 Å². The highest BCUT2D eigenvalue weighted by Gasteiger charge is 2.34. The molecular weight excluding hydrogens is 262 g/mol. The van der Waals surface area contributed by atoms with E-state index in [9.17, 15) is 0 Å². The van der Waals surface area contributed by atoms with Crippen molar-refractivity contribution < 1.29 is 0 Å². The molecule has 2 aromatic heterocycles. The molecule has 2 aromatic rings. The van der Waals surface area contributed by atoms with Crippen LogP contribution in [0.2, 0.25) is 0 Å². The second kappa shape index (κ2) is 4.61. The van der Waals surface area contributed by atoms with Gasteiger partial charge in [0.05, 0.1) is 5.69 Å². The van der Waals surface area contributed by atoms with E-state index in [1.807, 2.05) is 17.9 Å². The van der Waals surface area contributed by atoms with E-state index in [2.05, 4.69) is 37.4 Å². The Kier molecular flexibility index (Phi) is 3.11. The van der Waals surface area contributed by atoms with Crippen LogP contribution >= 0.6 is 0 Å². The Morgan fingerprint density at radius 2 is 2.00 bits per heavy atom. The molecule has 0 saturated heterocycles. The summed E-state index contributed by atoms with van der Waals surface area (Å²) in [5.74, 6) is 1.88. The maximum Gasteiger partial charge on any atom is 0.132 e. The van der Waals surface area contributed by atoms with E-state index >= 15 is 0 Å². The molecule has 0 atom stereocenters. The Hall–Kier alpha value is -1.78. The molecule has 0 radical (unpaired) electrons. The molecule has 0 aromatic carbocycles. The van der Waals surface area contributed by atoms with Gasteiger partial charge >= 0.3 is 0 Å². The predicted molar refractivity (Wildman–Crippen MR) is 85.2 cm³/mol. The molecule has 3 rings (SSSR count). The minimum atomic E-state index is -0.0104. The van der Waals surface area contributed by atoms with Crippen molar-refractivity contribution >= 4 is 5.82 Å². The SMILES string of the molecule is CCc1nn(C)cc1-c1nc(C(C)(C)C)n(C2CC2)c1N. The van der Waals surface area contributed by atoms with Gasteiger partial charge in [0.1, 0.15) is 17.3 Å². The number of aromatic nitrogens is 4. The minimum Gasteiger partial charge on any atom is -0.383 e. The number of nitrogens with two attached hydrogens (primary N) is 1. The van der Waals surface area contributed by atoms with Gasteiger partial charge in [-0.25, -0.2) is 4.98 Å². The molecule has 0 unspecified atom stereocenters. The molecule has 21 heavy (non-hydrogen) atoms. The van der Waals surface area contributed by atoms with Crippen LogP contribution in [-0.2, 0) is 18.9 Å². The van der Waals surface area contributed by atoms with Gasteiger partial charge in [-0.05, 0) is 19.3 Å². The second-order valence-corrected chi connectivity index (χ2v) is 7.04. The van der Waals surface area contributed by atoms with Crippen LogP contribution in [0.4, 0.5) is 5.82 Å². The fourth-order valence-electron chi connectivity index (χ4n) is 2.87. The van der Waals surface area contributed by atoms with Crippen LogP contribution in [0.25, 0.3) is 11.3 Å². The number of aryl methyl sites for hydroxylation is 2. The van der Waals surface area contributed by atoms with E-state index in [-0.39, 0.29) is 5.41 Å². The Labute approximate surface area is 126 Å². The van der Waals surface area contributed by atoms with Crippen molar-refractivity contribution in [1.29, 1.82) is 0 Å². The van der Waals surface area contributed by atoms with Gasteiger partial charge in [0, 0.05) is 30.3 Å². The van der Waals surface area contributed by atoms with Crippen molar-refractivity contribution in [3.05, 3.63) is 17.7 Å². The highest BCUT2D eigenvalue weighted by atomic mass is 15.3. The standard InChI is InChI=1S/C16H25N5/c1-6-12-11(9-20(5)19-12)13-14(17)21(10-7-8-10)15(18-13)16(2,3)4/h9-10H,6-8,17H2,1-5H3. The molecule has 1 fully saturated rings. The summed E-state index contributed by atoms with van der Waals surface area (Å²) in [5, 5.41) is 4.52. The van der Waals surface area contributed by atoms with Gasteiger partial charge in [0.2, 0.25) is 0 Å². The summed E-state index contributed by atoms with van der Waals surface area (Å²) in [4.78, 5) is 4.92. The maximum absolute atomic E-state index is 6.47. The molecule has 0 bridgehead atoms. The van der Waals surface area contributed by atoms with E-state index in [0.717, 1.165) is 35.0 Å². The lowest BCUT2D eigenvalue weighted by Crippen LogP contribution is -2.19. The van der Waals surface area contributed by atoms with Crippen LogP contribution in [0.5, 0.6) is 0 Å². The molecule has 2 N–H and O–H groups in total. The van der Waals surface area contributed by atoms with Crippen molar-refractivity contribution in [3.63, 3.8) is 0 Å². The van der Waals surface area contributed by atoms with E-state index in [0.29, 0.717) is 6.04 Å². The molecule has 114 valence electrons. The average molecular weight is 287 g/mol. The summed E-state index contributed by atoms with van der Waals surface area (Å²) in [5.41, 5.74) is 9.49. The molecule has 1 saturated carbocycles. The molecule has 5 nitrogen and oxygen atoms in total. The summed E-state index contributed by atoms with van der Waals surface area (Å²) in [6.45, 7) is 8.70. The Morgan fingerprint density at radius 3 is 2.52 bits per heavy atom. The first-order valence-corrected chi connectivity index (χ1v) is 7.74. The fraction of sp³-hybridized carbons (Fsp3) is 0.625. The minimum absolute atomic E-state index is 0.0104. The third-order valence-corrected chi connectivity index (χ3v) is 4.03. The Balaban J connectivity index is 2.19. The second-order valence-electron chi connectivity index (χ2n) is 7.04. The smallest absolute Gasteiger partial charge is 0.132 e. The zero-order valence-electron chi connectivity index (χ0n) is 13.6. The van der Waals surface area contributed by atoms with Crippen molar-refractivity contribution in [2.24, 2.45) is 7.05 Å². The predicted octanol–water partition coefficient (Wildman–Crippen LogP) is 3.06. The molecular formula is C16H25N5. The molecule has 5 heteroatoms. The molecule has 0 spiro atoms. The van der Waals surface area contributed by atoms with Gasteiger partial charge in [0.15, 0.2) is 0 Å². The van der Waals surface area contributed by atoms with E-state index in [4.69, 9.17) is 10.7 Å². The lowest BCUT2D eigenvalue weighted by atomic mass is 9.95. The van der Waals surface area contributed by atoms with Crippen LogP contribution in [0, 0.1) is 0 Å². The van der Waals surface area contributed by atoms with Gasteiger partial charge in [-0.3, -0.25) is 4.68 Å². The maximum atomic E-state index is 6.47. The van der Waals surface area contributed by atoms with Crippen LogP contribution in [0.1, 0.15) is 58.1 Å². The van der Waals surface area contributed by atoms with Crippen molar-refractivity contribution in [2.45, 2.75) is 58.4 Å². The summed E-state index contributed by atoms with van der Waals surface area (Å²) >= 11 is 0. The van der Waals surface area contributed by atoms with Crippen molar-refractivity contribution in [3.8, 4) is 11.3 Å². The average Bonchev–Trinajstić information content (AvgIpc) is 3.06. The summed E-state index contributed by atoms with van der Waals surface area (Å²) in [6, 6.07) is 0.530. The number of imidazole rings is 1. The van der Waals surface area contributed by atoms with Crippen LogP contribution in [0.15, 0.2) is 6.20 Å². The van der Waals surface area contributed by atoms with Gasteiger partial charge in [-0.1, -0.05) is 27.7 Å². The quantitative estimate of drug-likeness (QED) is 0.943. The highest BCUT2D eigenvalue weighted by Crippen LogP contribution is 2.43. The first-order valence-electron chi connectivity index (χ1n) is 7.74. The first kappa shape index (κ1) is 14.2. The summed E-state index contributed by atoms with van der Waals surface area (Å²) in [7, 11) is 1.95. The van der Waals surface area contributed by atoms with Gasteiger partial charge in [-0.15, -0.1) is 0 Å². The molecule has 2 heterocycles. The molecule has 1 aliphatic rings. The van der Waals surface area contributed by atoms with Crippen LogP contribution in [-0.4, -0.2) is 19.3 Å².